The quantitative estimate of drug-likeness (QED) is 0.661. The largest absolute Gasteiger partial charge is 0.509 e. The van der Waals surface area contributed by atoms with Gasteiger partial charge < -0.3 is 19.3 Å². The smallest absolute Gasteiger partial charge is 0.338 e. The number of aromatic nitrogens is 2. The average molecular weight is 390 g/mol. The molecule has 0 amide bonds. The van der Waals surface area contributed by atoms with Crippen molar-refractivity contribution in [2.24, 2.45) is 7.05 Å². The fraction of sp³-hybridized carbons (Fsp3) is 0.227. The van der Waals surface area contributed by atoms with E-state index in [4.69, 9.17) is 10.1 Å². The Bertz CT molecular complexity index is 1160. The molecule has 0 saturated heterocycles. The van der Waals surface area contributed by atoms with E-state index in [1.54, 1.807) is 36.1 Å². The van der Waals surface area contributed by atoms with Crippen LogP contribution in [0.1, 0.15) is 28.7 Å². The van der Waals surface area contributed by atoms with Crippen molar-refractivity contribution in [2.45, 2.75) is 13.8 Å². The summed E-state index contributed by atoms with van der Waals surface area (Å²) in [6.45, 7) is 4.26. The third kappa shape index (κ3) is 3.14. The first-order chi connectivity index (χ1) is 13.9. The number of amidine groups is 1. The van der Waals surface area contributed by atoms with Crippen LogP contribution >= 0.6 is 0 Å². The van der Waals surface area contributed by atoms with Gasteiger partial charge in [0.05, 0.1) is 35.3 Å². The molecule has 1 aromatic heterocycles. The molecular weight excluding hydrogens is 368 g/mol. The van der Waals surface area contributed by atoms with Gasteiger partial charge in [0.1, 0.15) is 17.4 Å². The Labute approximate surface area is 168 Å². The number of esters is 1. The Hall–Kier alpha value is -3.61. The second kappa shape index (κ2) is 7.09. The van der Waals surface area contributed by atoms with Crippen LogP contribution in [0, 0.1) is 12.3 Å². The SMILES string of the molecule is CCOC(=O)c1ccc(N2CC(O)=C(c3nc4cc(C)ccc4n3C)C2=N)cc1. The molecule has 0 radical (unpaired) electrons. The number of anilines is 1. The third-order valence-electron chi connectivity index (χ3n) is 5.05. The van der Waals surface area contributed by atoms with E-state index in [1.165, 1.54) is 0 Å². The van der Waals surface area contributed by atoms with Gasteiger partial charge in [-0.05, 0) is 55.8 Å². The van der Waals surface area contributed by atoms with E-state index < -0.39 is 0 Å². The van der Waals surface area contributed by atoms with Crippen molar-refractivity contribution < 1.29 is 14.6 Å². The van der Waals surface area contributed by atoms with Crippen LogP contribution < -0.4 is 4.90 Å². The molecule has 148 valence electrons. The highest BCUT2D eigenvalue weighted by Crippen LogP contribution is 2.32. The van der Waals surface area contributed by atoms with Crippen LogP contribution in [0.25, 0.3) is 16.6 Å². The Balaban J connectivity index is 1.65. The minimum absolute atomic E-state index is 0.0968. The summed E-state index contributed by atoms with van der Waals surface area (Å²) in [5.74, 6) is 0.437. The molecule has 0 bridgehead atoms. The Morgan fingerprint density at radius 3 is 2.66 bits per heavy atom. The van der Waals surface area contributed by atoms with E-state index in [9.17, 15) is 9.90 Å². The Kier molecular flexibility index (Phi) is 4.58. The predicted molar refractivity (Wildman–Crippen MR) is 112 cm³/mol. The van der Waals surface area contributed by atoms with E-state index in [0.29, 0.717) is 29.3 Å². The molecule has 1 aliphatic heterocycles. The fourth-order valence-electron chi connectivity index (χ4n) is 3.56. The van der Waals surface area contributed by atoms with Crippen LogP contribution in [0.15, 0.2) is 48.2 Å². The summed E-state index contributed by atoms with van der Waals surface area (Å²) < 4.78 is 6.89. The van der Waals surface area contributed by atoms with E-state index in [1.807, 2.05) is 36.7 Å². The minimum atomic E-state index is -0.382. The maximum Gasteiger partial charge on any atom is 0.338 e. The van der Waals surface area contributed by atoms with Gasteiger partial charge in [-0.3, -0.25) is 5.41 Å². The Morgan fingerprint density at radius 1 is 1.24 bits per heavy atom. The summed E-state index contributed by atoms with van der Waals surface area (Å²) in [6.07, 6.45) is 0. The molecular formula is C22H22N4O3. The first-order valence-electron chi connectivity index (χ1n) is 9.40. The van der Waals surface area contributed by atoms with E-state index in [2.05, 4.69) is 4.98 Å². The minimum Gasteiger partial charge on any atom is -0.509 e. The summed E-state index contributed by atoms with van der Waals surface area (Å²) in [7, 11) is 1.88. The second-order valence-corrected chi connectivity index (χ2v) is 7.01. The molecule has 29 heavy (non-hydrogen) atoms. The lowest BCUT2D eigenvalue weighted by Crippen LogP contribution is -2.26. The molecule has 2 N–H and O–H groups in total. The molecule has 7 heteroatoms. The molecule has 3 aromatic rings. The van der Waals surface area contributed by atoms with Crippen molar-refractivity contribution in [3.05, 3.63) is 65.2 Å². The second-order valence-electron chi connectivity index (χ2n) is 7.01. The number of nitrogens with zero attached hydrogens (tertiary/aromatic N) is 3. The van der Waals surface area contributed by atoms with Crippen molar-refractivity contribution >= 4 is 34.1 Å². The lowest BCUT2D eigenvalue weighted by Gasteiger charge is -2.19. The summed E-state index contributed by atoms with van der Waals surface area (Å²) in [4.78, 5) is 18.2. The van der Waals surface area contributed by atoms with Crippen LogP contribution in [0.2, 0.25) is 0 Å². The first-order valence-corrected chi connectivity index (χ1v) is 9.40. The number of aliphatic hydroxyl groups excluding tert-OH is 1. The van der Waals surface area contributed by atoms with Crippen LogP contribution in [0.3, 0.4) is 0 Å². The van der Waals surface area contributed by atoms with Gasteiger partial charge in [0.2, 0.25) is 0 Å². The standard InChI is InChI=1S/C22H22N4O3/c1-4-29-22(28)14-6-8-15(9-7-14)26-12-18(27)19(20(26)23)21-24-16-11-13(2)5-10-17(16)25(21)3/h5-11,23,27H,4,12H2,1-3H3. The molecule has 0 aliphatic carbocycles. The highest BCUT2D eigenvalue weighted by molar-refractivity contribution is 6.30. The van der Waals surface area contributed by atoms with Crippen LogP contribution in [-0.4, -0.2) is 39.6 Å². The number of carbonyl (C=O) groups excluding carboxylic acids is 1. The zero-order valence-corrected chi connectivity index (χ0v) is 16.6. The number of hydrogen-bond donors (Lipinski definition) is 2. The molecule has 1 aliphatic rings. The lowest BCUT2D eigenvalue weighted by molar-refractivity contribution is 0.0526. The summed E-state index contributed by atoms with van der Waals surface area (Å²) in [5, 5.41) is 19.3. The van der Waals surface area contributed by atoms with Gasteiger partial charge in [0, 0.05) is 12.7 Å². The molecule has 0 fully saturated rings. The highest BCUT2D eigenvalue weighted by atomic mass is 16.5. The lowest BCUT2D eigenvalue weighted by atomic mass is 10.2. The maximum atomic E-state index is 11.8. The number of carbonyl (C=O) groups is 1. The Morgan fingerprint density at radius 2 is 1.97 bits per heavy atom. The van der Waals surface area contributed by atoms with Gasteiger partial charge in [-0.1, -0.05) is 6.07 Å². The predicted octanol–water partition coefficient (Wildman–Crippen LogP) is 3.82. The van der Waals surface area contributed by atoms with Crippen molar-refractivity contribution in [1.29, 1.82) is 5.41 Å². The summed E-state index contributed by atoms with van der Waals surface area (Å²) in [5.41, 5.74) is 4.44. The highest BCUT2D eigenvalue weighted by Gasteiger charge is 2.32. The summed E-state index contributed by atoms with van der Waals surface area (Å²) >= 11 is 0. The molecule has 0 spiro atoms. The molecule has 0 saturated carbocycles. The number of hydrogen-bond acceptors (Lipinski definition) is 5. The van der Waals surface area contributed by atoms with Crippen molar-refractivity contribution in [2.75, 3.05) is 18.1 Å². The monoisotopic (exact) mass is 390 g/mol. The number of aryl methyl sites for hydroxylation is 2. The van der Waals surface area contributed by atoms with Crippen LogP contribution in [0.4, 0.5) is 5.69 Å². The molecule has 0 unspecified atom stereocenters. The van der Waals surface area contributed by atoms with Gasteiger partial charge >= 0.3 is 5.97 Å². The van der Waals surface area contributed by atoms with E-state index in [-0.39, 0.29) is 24.1 Å². The molecule has 2 heterocycles. The van der Waals surface area contributed by atoms with Gasteiger partial charge in [0.15, 0.2) is 0 Å². The van der Waals surface area contributed by atoms with E-state index in [0.717, 1.165) is 16.6 Å². The topological polar surface area (TPSA) is 91.4 Å². The number of imidazole rings is 1. The zero-order valence-electron chi connectivity index (χ0n) is 16.6. The van der Waals surface area contributed by atoms with Gasteiger partial charge in [-0.25, -0.2) is 9.78 Å². The summed E-state index contributed by atoms with van der Waals surface area (Å²) in [6, 6.07) is 12.8. The zero-order chi connectivity index (χ0) is 20.7. The number of benzene rings is 2. The van der Waals surface area contributed by atoms with Crippen molar-refractivity contribution in [3.63, 3.8) is 0 Å². The number of fused-ring (bicyclic) bond motifs is 1. The van der Waals surface area contributed by atoms with E-state index >= 15 is 0 Å². The number of nitrogens with one attached hydrogen (secondary N) is 1. The number of ether oxygens (including phenoxy) is 1. The van der Waals surface area contributed by atoms with Gasteiger partial charge in [-0.15, -0.1) is 0 Å². The normalized spacial score (nSPS) is 14.2. The fourth-order valence-corrected chi connectivity index (χ4v) is 3.56. The van der Waals surface area contributed by atoms with Gasteiger partial charge in [-0.2, -0.15) is 0 Å². The first kappa shape index (κ1) is 18.7. The van der Waals surface area contributed by atoms with Crippen molar-refractivity contribution in [1.82, 2.24) is 9.55 Å². The number of aliphatic hydroxyl groups is 1. The van der Waals surface area contributed by atoms with Crippen LogP contribution in [0.5, 0.6) is 0 Å². The average Bonchev–Trinajstić information content (AvgIpc) is 3.17. The molecule has 7 nitrogen and oxygen atoms in total. The maximum absolute atomic E-state index is 11.8. The van der Waals surface area contributed by atoms with Gasteiger partial charge in [0.25, 0.3) is 0 Å². The molecule has 2 aromatic carbocycles. The van der Waals surface area contributed by atoms with Crippen molar-refractivity contribution in [3.8, 4) is 0 Å². The molecule has 0 atom stereocenters. The molecule has 4 rings (SSSR count). The number of rotatable bonds is 4. The third-order valence-corrected chi connectivity index (χ3v) is 5.05. The van der Waals surface area contributed by atoms with Crippen LogP contribution in [-0.2, 0) is 11.8 Å².